The lowest BCUT2D eigenvalue weighted by molar-refractivity contribution is -0.111. The highest BCUT2D eigenvalue weighted by molar-refractivity contribution is 7.14. The van der Waals surface area contributed by atoms with Crippen molar-refractivity contribution in [1.29, 1.82) is 5.26 Å². The molecule has 1 aromatic carbocycles. The predicted molar refractivity (Wildman–Crippen MR) is 105 cm³/mol. The number of methoxy groups -OCH3 is 2. The van der Waals surface area contributed by atoms with Crippen molar-refractivity contribution in [2.45, 2.75) is 26.2 Å². The molecule has 1 N–H and O–H groups in total. The lowest BCUT2D eigenvalue weighted by Gasteiger charge is -2.17. The number of rotatable bonds is 5. The molecule has 1 aromatic heterocycles. The molecular weight excluding hydrogens is 348 g/mol. The Balaban J connectivity index is 2.16. The summed E-state index contributed by atoms with van der Waals surface area (Å²) in [5.74, 6) is 0.926. The molecule has 0 unspecified atom stereocenters. The summed E-state index contributed by atoms with van der Waals surface area (Å²) in [6, 6.07) is 7.59. The summed E-state index contributed by atoms with van der Waals surface area (Å²) in [5, 5.41) is 14.7. The minimum absolute atomic E-state index is 0.153. The zero-order valence-electron chi connectivity index (χ0n) is 15.5. The maximum Gasteiger partial charge on any atom is 0.249 e. The molecule has 0 saturated carbocycles. The van der Waals surface area contributed by atoms with Gasteiger partial charge in [0.2, 0.25) is 5.91 Å². The molecule has 5 nitrogen and oxygen atoms in total. The monoisotopic (exact) mass is 370 g/mol. The summed E-state index contributed by atoms with van der Waals surface area (Å²) in [6.45, 7) is 6.12. The van der Waals surface area contributed by atoms with Crippen LogP contribution in [0, 0.1) is 11.3 Å². The number of benzene rings is 1. The summed E-state index contributed by atoms with van der Waals surface area (Å²) in [7, 11) is 3.13. The zero-order valence-corrected chi connectivity index (χ0v) is 16.4. The van der Waals surface area contributed by atoms with Crippen molar-refractivity contribution >= 4 is 28.3 Å². The molecule has 0 atom stereocenters. The van der Waals surface area contributed by atoms with E-state index < -0.39 is 0 Å². The fourth-order valence-electron chi connectivity index (χ4n) is 2.39. The molecule has 0 aliphatic heterocycles. The minimum Gasteiger partial charge on any atom is -0.493 e. The van der Waals surface area contributed by atoms with E-state index in [4.69, 9.17) is 9.47 Å². The first kappa shape index (κ1) is 19.5. The van der Waals surface area contributed by atoms with E-state index in [2.05, 4.69) is 11.4 Å². The number of carbonyl (C=O) groups is 1. The number of nitrogens with one attached hydrogen (secondary N) is 1. The first-order valence-corrected chi connectivity index (χ1v) is 8.91. The second-order valence-electron chi connectivity index (χ2n) is 6.65. The van der Waals surface area contributed by atoms with Crippen LogP contribution in [0.1, 0.15) is 37.5 Å². The fraction of sp³-hybridized carbons (Fsp3) is 0.300. The molecule has 0 radical (unpaired) electrons. The summed E-state index contributed by atoms with van der Waals surface area (Å²) in [6.07, 6.45) is 3.11. The van der Waals surface area contributed by atoms with Gasteiger partial charge in [-0.2, -0.15) is 5.26 Å². The van der Waals surface area contributed by atoms with Crippen LogP contribution < -0.4 is 14.8 Å². The Hall–Kier alpha value is -2.78. The number of hydrogen-bond donors (Lipinski definition) is 1. The Morgan fingerprint density at radius 1 is 1.23 bits per heavy atom. The molecule has 1 amide bonds. The molecule has 0 spiro atoms. The second kappa shape index (κ2) is 8.07. The van der Waals surface area contributed by atoms with Crippen LogP contribution in [-0.4, -0.2) is 20.1 Å². The minimum atomic E-state index is -0.293. The van der Waals surface area contributed by atoms with Crippen LogP contribution in [0.4, 0.5) is 5.00 Å². The van der Waals surface area contributed by atoms with Gasteiger partial charge in [-0.05, 0) is 40.1 Å². The highest BCUT2D eigenvalue weighted by Crippen LogP contribution is 2.35. The van der Waals surface area contributed by atoms with Gasteiger partial charge in [-0.15, -0.1) is 11.3 Å². The Morgan fingerprint density at radius 3 is 2.50 bits per heavy atom. The van der Waals surface area contributed by atoms with E-state index in [9.17, 15) is 10.1 Å². The molecule has 2 aromatic rings. The van der Waals surface area contributed by atoms with E-state index in [1.54, 1.807) is 32.4 Å². The van der Waals surface area contributed by atoms with Crippen LogP contribution in [0.15, 0.2) is 29.7 Å². The van der Waals surface area contributed by atoms with Crippen molar-refractivity contribution in [3.05, 3.63) is 46.3 Å². The van der Waals surface area contributed by atoms with Crippen molar-refractivity contribution in [3.8, 4) is 17.6 Å². The number of amides is 1. The predicted octanol–water partition coefficient (Wildman–Crippen LogP) is 4.59. The van der Waals surface area contributed by atoms with Gasteiger partial charge in [0.15, 0.2) is 11.5 Å². The van der Waals surface area contributed by atoms with Crippen LogP contribution in [0.2, 0.25) is 0 Å². The average molecular weight is 370 g/mol. The molecule has 136 valence electrons. The highest BCUT2D eigenvalue weighted by atomic mass is 32.1. The summed E-state index contributed by atoms with van der Waals surface area (Å²) in [5.41, 5.74) is 2.11. The SMILES string of the molecule is COc1ccc(/C=C/C(=O)Nc2scc(C(C)(C)C)c2C#N)cc1OC. The zero-order chi connectivity index (χ0) is 19.3. The average Bonchev–Trinajstić information content (AvgIpc) is 3.02. The molecule has 1 heterocycles. The quantitative estimate of drug-likeness (QED) is 0.782. The number of nitrogens with zero attached hydrogens (tertiary/aromatic N) is 1. The standard InChI is InChI=1S/C20H22N2O3S/c1-20(2,3)15-12-26-19(14(15)11-21)22-18(23)9-7-13-6-8-16(24-4)17(10-13)25-5/h6-10,12H,1-5H3,(H,22,23)/b9-7+. The van der Waals surface area contributed by atoms with Crippen LogP contribution in [0.3, 0.4) is 0 Å². The van der Waals surface area contributed by atoms with Gasteiger partial charge >= 0.3 is 0 Å². The highest BCUT2D eigenvalue weighted by Gasteiger charge is 2.22. The van der Waals surface area contributed by atoms with Crippen molar-refractivity contribution in [2.24, 2.45) is 0 Å². The fourth-order valence-corrected chi connectivity index (χ4v) is 3.53. The van der Waals surface area contributed by atoms with Gasteiger partial charge in [-0.25, -0.2) is 0 Å². The number of carbonyl (C=O) groups excluding carboxylic acids is 1. The van der Waals surface area contributed by atoms with E-state index in [1.165, 1.54) is 17.4 Å². The molecular formula is C20H22N2O3S. The third-order valence-electron chi connectivity index (χ3n) is 3.78. The maximum absolute atomic E-state index is 12.2. The molecule has 0 aliphatic rings. The molecule has 0 aliphatic carbocycles. The van der Waals surface area contributed by atoms with Crippen LogP contribution in [0.25, 0.3) is 6.08 Å². The van der Waals surface area contributed by atoms with Gasteiger partial charge in [0.05, 0.1) is 19.8 Å². The first-order chi connectivity index (χ1) is 12.3. The molecule has 2 rings (SSSR count). The maximum atomic E-state index is 12.2. The van der Waals surface area contributed by atoms with Gasteiger partial charge in [0.1, 0.15) is 11.1 Å². The van der Waals surface area contributed by atoms with Crippen molar-refractivity contribution in [1.82, 2.24) is 0 Å². The largest absolute Gasteiger partial charge is 0.493 e. The topological polar surface area (TPSA) is 71.3 Å². The number of thiophene rings is 1. The van der Waals surface area contributed by atoms with Gasteiger partial charge in [-0.1, -0.05) is 26.8 Å². The van der Waals surface area contributed by atoms with Crippen LogP contribution in [0.5, 0.6) is 11.5 Å². The normalized spacial score (nSPS) is 11.2. The van der Waals surface area contributed by atoms with Crippen molar-refractivity contribution in [3.63, 3.8) is 0 Å². The summed E-state index contributed by atoms with van der Waals surface area (Å²) >= 11 is 1.36. The van der Waals surface area contributed by atoms with E-state index in [1.807, 2.05) is 32.2 Å². The Bertz CT molecular complexity index is 870. The number of nitriles is 1. The van der Waals surface area contributed by atoms with E-state index in [-0.39, 0.29) is 11.3 Å². The van der Waals surface area contributed by atoms with Gasteiger partial charge in [0, 0.05) is 6.08 Å². The van der Waals surface area contributed by atoms with Crippen LogP contribution in [-0.2, 0) is 10.2 Å². The summed E-state index contributed by atoms with van der Waals surface area (Å²) in [4.78, 5) is 12.2. The second-order valence-corrected chi connectivity index (χ2v) is 7.53. The molecule has 0 bridgehead atoms. The Labute approximate surface area is 157 Å². The van der Waals surface area contributed by atoms with Gasteiger partial charge in [0.25, 0.3) is 0 Å². The lowest BCUT2D eigenvalue weighted by Crippen LogP contribution is -2.13. The molecule has 0 saturated heterocycles. The first-order valence-electron chi connectivity index (χ1n) is 8.03. The molecule has 26 heavy (non-hydrogen) atoms. The van der Waals surface area contributed by atoms with Crippen molar-refractivity contribution in [2.75, 3.05) is 19.5 Å². The van der Waals surface area contributed by atoms with E-state index >= 15 is 0 Å². The Kier molecular flexibility index (Phi) is 6.06. The van der Waals surface area contributed by atoms with Gasteiger partial charge in [-0.3, -0.25) is 4.79 Å². The van der Waals surface area contributed by atoms with E-state index in [0.29, 0.717) is 22.1 Å². The van der Waals surface area contributed by atoms with E-state index in [0.717, 1.165) is 11.1 Å². The number of ether oxygens (including phenoxy) is 2. The van der Waals surface area contributed by atoms with Crippen molar-refractivity contribution < 1.29 is 14.3 Å². The lowest BCUT2D eigenvalue weighted by atomic mass is 9.86. The molecule has 6 heteroatoms. The smallest absolute Gasteiger partial charge is 0.249 e. The Morgan fingerprint density at radius 2 is 1.92 bits per heavy atom. The number of anilines is 1. The number of hydrogen-bond acceptors (Lipinski definition) is 5. The third-order valence-corrected chi connectivity index (χ3v) is 4.68. The van der Waals surface area contributed by atoms with Gasteiger partial charge < -0.3 is 14.8 Å². The molecule has 0 fully saturated rings. The third kappa shape index (κ3) is 4.44. The summed E-state index contributed by atoms with van der Waals surface area (Å²) < 4.78 is 10.4. The van der Waals surface area contributed by atoms with Crippen LogP contribution >= 0.6 is 11.3 Å².